The fourth-order valence-corrected chi connectivity index (χ4v) is 0.808. The molecule has 0 saturated carbocycles. The monoisotopic (exact) mass is 135 g/mol. The van der Waals surface area contributed by atoms with Crippen molar-refractivity contribution in [1.82, 2.24) is 11.3 Å². The number of nitrogens with one attached hydrogen (secondary N) is 2. The lowest BCUT2D eigenvalue weighted by Gasteiger charge is -1.97. The molecule has 0 aliphatic rings. The number of hydrogen-bond donors (Lipinski definition) is 1. The van der Waals surface area contributed by atoms with Gasteiger partial charge in [0, 0.05) is 6.54 Å². The lowest BCUT2D eigenvalue weighted by Crippen LogP contribution is -2.08. The smallest absolute Gasteiger partial charge is 0.0364 e. The van der Waals surface area contributed by atoms with Gasteiger partial charge in [0.15, 0.2) is 0 Å². The zero-order chi connectivity index (χ0) is 7.40. The second-order valence-corrected chi connectivity index (χ2v) is 2.34. The van der Waals surface area contributed by atoms with E-state index in [0.717, 1.165) is 5.56 Å². The first-order valence-corrected chi connectivity index (χ1v) is 3.28. The number of rotatable bonds is 2. The van der Waals surface area contributed by atoms with E-state index < -0.39 is 0 Å². The van der Waals surface area contributed by atoms with E-state index in [1.54, 1.807) is 0 Å². The molecule has 1 rings (SSSR count). The molecule has 0 bridgehead atoms. The molecule has 2 nitrogen and oxygen atoms in total. The summed E-state index contributed by atoms with van der Waals surface area (Å²) in [7, 11) is 0. The molecule has 2 N–H and O–H groups in total. The summed E-state index contributed by atoms with van der Waals surface area (Å²) in [5.74, 6) is 6.74. The quantitative estimate of drug-likeness (QED) is 0.609. The summed E-state index contributed by atoms with van der Waals surface area (Å²) in [4.78, 5) is 0. The first-order valence-electron chi connectivity index (χ1n) is 3.28. The molecule has 0 spiro atoms. The highest BCUT2D eigenvalue weighted by molar-refractivity contribution is 5.20. The van der Waals surface area contributed by atoms with Gasteiger partial charge in [-0.2, -0.15) is 5.84 Å². The van der Waals surface area contributed by atoms with Gasteiger partial charge in [-0.15, -0.1) is 0 Å². The standard InChI is InChI=1S/C8H11N2/c1-7-2-4-8(5-3-7)6-10-9/h2-5,9-10H,6H2,1H3. The Morgan fingerprint density at radius 2 is 1.90 bits per heavy atom. The Morgan fingerprint density at radius 3 is 2.40 bits per heavy atom. The molecule has 2 heteroatoms. The summed E-state index contributed by atoms with van der Waals surface area (Å²) in [6, 6.07) is 8.15. The van der Waals surface area contributed by atoms with Crippen LogP contribution < -0.4 is 11.3 Å². The summed E-state index contributed by atoms with van der Waals surface area (Å²) in [6.45, 7) is 2.68. The minimum Gasteiger partial charge on any atom is -0.239 e. The van der Waals surface area contributed by atoms with E-state index in [0.29, 0.717) is 6.54 Å². The molecule has 0 saturated heterocycles. The Bertz CT molecular complexity index is 191. The van der Waals surface area contributed by atoms with Gasteiger partial charge >= 0.3 is 0 Å². The Kier molecular flexibility index (Phi) is 2.42. The normalized spacial score (nSPS) is 9.80. The predicted octanol–water partition coefficient (Wildman–Crippen LogP) is 1.28. The van der Waals surface area contributed by atoms with E-state index in [9.17, 15) is 0 Å². The molecule has 0 aromatic heterocycles. The van der Waals surface area contributed by atoms with Crippen molar-refractivity contribution in [3.8, 4) is 0 Å². The van der Waals surface area contributed by atoms with Crippen LogP contribution >= 0.6 is 0 Å². The minimum atomic E-state index is 0.625. The number of hydrogen-bond acceptors (Lipinski definition) is 1. The lowest BCUT2D eigenvalue weighted by atomic mass is 10.2. The average Bonchev–Trinajstić information content (AvgIpc) is 1.95. The highest BCUT2D eigenvalue weighted by Gasteiger charge is 1.87. The molecule has 0 unspecified atom stereocenters. The first-order chi connectivity index (χ1) is 4.83. The van der Waals surface area contributed by atoms with Crippen LogP contribution in [0.1, 0.15) is 11.1 Å². The molecule has 0 fully saturated rings. The van der Waals surface area contributed by atoms with E-state index in [1.165, 1.54) is 5.56 Å². The van der Waals surface area contributed by atoms with Crippen molar-refractivity contribution in [3.63, 3.8) is 0 Å². The van der Waals surface area contributed by atoms with Gasteiger partial charge in [0.2, 0.25) is 0 Å². The Morgan fingerprint density at radius 1 is 1.30 bits per heavy atom. The van der Waals surface area contributed by atoms with Crippen molar-refractivity contribution in [3.05, 3.63) is 35.4 Å². The van der Waals surface area contributed by atoms with E-state index in [4.69, 9.17) is 5.84 Å². The Hall–Kier alpha value is -0.860. The van der Waals surface area contributed by atoms with Crippen LogP contribution in [0, 0.1) is 6.92 Å². The largest absolute Gasteiger partial charge is 0.239 e. The second kappa shape index (κ2) is 3.34. The minimum absolute atomic E-state index is 0.625. The highest BCUT2D eigenvalue weighted by atomic mass is 15.2. The number of aryl methyl sites for hydroxylation is 1. The summed E-state index contributed by atoms with van der Waals surface area (Å²) in [5, 5.41) is 0. The molecule has 0 atom stereocenters. The highest BCUT2D eigenvalue weighted by Crippen LogP contribution is 2.01. The predicted molar refractivity (Wildman–Crippen MR) is 41.1 cm³/mol. The maximum absolute atomic E-state index is 6.74. The van der Waals surface area contributed by atoms with Crippen molar-refractivity contribution in [2.24, 2.45) is 0 Å². The molecule has 1 aromatic rings. The fourth-order valence-electron chi connectivity index (χ4n) is 0.808. The van der Waals surface area contributed by atoms with Gasteiger partial charge in [-0.1, -0.05) is 29.8 Å². The SMILES string of the molecule is Cc1ccc(CN[NH])cc1. The van der Waals surface area contributed by atoms with Crippen molar-refractivity contribution >= 4 is 0 Å². The van der Waals surface area contributed by atoms with Gasteiger partial charge in [0.05, 0.1) is 0 Å². The first kappa shape index (κ1) is 7.25. The zero-order valence-corrected chi connectivity index (χ0v) is 6.02. The second-order valence-electron chi connectivity index (χ2n) is 2.34. The molecule has 1 aromatic carbocycles. The van der Waals surface area contributed by atoms with Gasteiger partial charge in [-0.25, -0.2) is 5.43 Å². The van der Waals surface area contributed by atoms with Crippen molar-refractivity contribution in [2.45, 2.75) is 13.5 Å². The van der Waals surface area contributed by atoms with Crippen LogP contribution in [0.15, 0.2) is 24.3 Å². The van der Waals surface area contributed by atoms with Crippen molar-refractivity contribution in [1.29, 1.82) is 0 Å². The van der Waals surface area contributed by atoms with Crippen LogP contribution in [-0.2, 0) is 6.54 Å². The Labute approximate surface area is 61.0 Å². The van der Waals surface area contributed by atoms with E-state index in [2.05, 4.69) is 12.3 Å². The molecule has 1 radical (unpaired) electrons. The van der Waals surface area contributed by atoms with E-state index >= 15 is 0 Å². The van der Waals surface area contributed by atoms with Crippen molar-refractivity contribution < 1.29 is 0 Å². The van der Waals surface area contributed by atoms with E-state index in [1.807, 2.05) is 24.3 Å². The summed E-state index contributed by atoms with van der Waals surface area (Å²) in [6.07, 6.45) is 0. The van der Waals surface area contributed by atoms with Gasteiger partial charge in [-0.3, -0.25) is 0 Å². The van der Waals surface area contributed by atoms with Crippen LogP contribution in [0.5, 0.6) is 0 Å². The van der Waals surface area contributed by atoms with Crippen LogP contribution in [0.25, 0.3) is 0 Å². The van der Waals surface area contributed by atoms with Gasteiger partial charge in [0.25, 0.3) is 0 Å². The molecule has 10 heavy (non-hydrogen) atoms. The molecule has 53 valence electrons. The summed E-state index contributed by atoms with van der Waals surface area (Å²) in [5.41, 5.74) is 4.76. The lowest BCUT2D eigenvalue weighted by molar-refractivity contribution is 0.714. The average molecular weight is 135 g/mol. The third-order valence-electron chi connectivity index (χ3n) is 1.41. The van der Waals surface area contributed by atoms with Crippen LogP contribution in [0.3, 0.4) is 0 Å². The molecule has 0 heterocycles. The molecule has 0 amide bonds. The van der Waals surface area contributed by atoms with Gasteiger partial charge in [-0.05, 0) is 12.5 Å². The van der Waals surface area contributed by atoms with Gasteiger partial charge < -0.3 is 0 Å². The molecule has 0 aliphatic carbocycles. The maximum atomic E-state index is 6.74. The molecule has 0 aliphatic heterocycles. The zero-order valence-electron chi connectivity index (χ0n) is 6.02. The molecular weight excluding hydrogens is 124 g/mol. The summed E-state index contributed by atoms with van der Waals surface area (Å²) >= 11 is 0. The molecular formula is C8H11N2. The fraction of sp³-hybridized carbons (Fsp3) is 0.250. The maximum Gasteiger partial charge on any atom is 0.0364 e. The summed E-state index contributed by atoms with van der Waals surface area (Å²) < 4.78 is 0. The van der Waals surface area contributed by atoms with Crippen LogP contribution in [0.4, 0.5) is 0 Å². The van der Waals surface area contributed by atoms with E-state index in [-0.39, 0.29) is 0 Å². The van der Waals surface area contributed by atoms with Crippen molar-refractivity contribution in [2.75, 3.05) is 0 Å². The third-order valence-corrected chi connectivity index (χ3v) is 1.41. The van der Waals surface area contributed by atoms with Crippen LogP contribution in [-0.4, -0.2) is 0 Å². The third kappa shape index (κ3) is 1.83. The topological polar surface area (TPSA) is 35.8 Å². The van der Waals surface area contributed by atoms with Crippen LogP contribution in [0.2, 0.25) is 0 Å². The number of benzene rings is 1. The van der Waals surface area contributed by atoms with Gasteiger partial charge in [0.1, 0.15) is 0 Å². The Balaban J connectivity index is 2.69.